The topological polar surface area (TPSA) is 110 Å². The Balaban J connectivity index is 1.91. The zero-order valence-corrected chi connectivity index (χ0v) is 15.2. The number of nitrogens with zero attached hydrogens (tertiary/aromatic N) is 3. The first-order valence-electron chi connectivity index (χ1n) is 8.06. The average molecular weight is 377 g/mol. The summed E-state index contributed by atoms with van der Waals surface area (Å²) in [5, 5.41) is 13.6. The van der Waals surface area contributed by atoms with Crippen LogP contribution in [0.15, 0.2) is 30.3 Å². The van der Waals surface area contributed by atoms with Gasteiger partial charge in [-0.1, -0.05) is 17.7 Å². The van der Waals surface area contributed by atoms with Crippen LogP contribution in [0.5, 0.6) is 0 Å². The van der Waals surface area contributed by atoms with Crippen LogP contribution in [0.1, 0.15) is 21.7 Å². The second-order valence-electron chi connectivity index (χ2n) is 6.39. The first-order chi connectivity index (χ1) is 12.2. The number of hydrogen-bond acceptors (Lipinski definition) is 5. The Bertz CT molecular complexity index is 963. The molecule has 138 valence electrons. The van der Waals surface area contributed by atoms with Crippen LogP contribution in [0, 0.1) is 13.8 Å². The van der Waals surface area contributed by atoms with Gasteiger partial charge in [0.15, 0.2) is 15.5 Å². The normalized spacial score (nSPS) is 19.3. The molecule has 3 rings (SSSR count). The van der Waals surface area contributed by atoms with E-state index in [1.807, 2.05) is 31.2 Å². The predicted octanol–water partition coefficient (Wildman–Crippen LogP) is 0.813. The van der Waals surface area contributed by atoms with Crippen LogP contribution >= 0.6 is 0 Å². The first kappa shape index (κ1) is 18.1. The Kier molecular flexibility index (Phi) is 4.57. The Morgan fingerprint density at radius 3 is 2.46 bits per heavy atom. The molecule has 1 fully saturated rings. The molecule has 9 heteroatoms. The number of sulfone groups is 1. The molecule has 1 aromatic heterocycles. The van der Waals surface area contributed by atoms with Crippen molar-refractivity contribution < 1.29 is 23.1 Å². The fourth-order valence-electron chi connectivity index (χ4n) is 2.93. The molecular weight excluding hydrogens is 358 g/mol. The van der Waals surface area contributed by atoms with E-state index in [9.17, 15) is 23.1 Å². The third-order valence-corrected chi connectivity index (χ3v) is 5.99. The van der Waals surface area contributed by atoms with Crippen molar-refractivity contribution in [3.8, 4) is 5.69 Å². The van der Waals surface area contributed by atoms with Crippen LogP contribution in [-0.4, -0.2) is 64.2 Å². The van der Waals surface area contributed by atoms with Gasteiger partial charge in [-0.15, -0.1) is 0 Å². The molecule has 1 saturated heterocycles. The quantitative estimate of drug-likeness (QED) is 0.848. The van der Waals surface area contributed by atoms with Gasteiger partial charge < -0.3 is 10.0 Å². The lowest BCUT2D eigenvalue weighted by molar-refractivity contribution is -0.141. The van der Waals surface area contributed by atoms with Crippen LogP contribution in [0.25, 0.3) is 5.69 Å². The molecule has 1 atom stereocenters. The van der Waals surface area contributed by atoms with E-state index in [4.69, 9.17) is 0 Å². The number of aryl methyl sites for hydroxylation is 2. The van der Waals surface area contributed by atoms with Gasteiger partial charge in [0, 0.05) is 12.2 Å². The third kappa shape index (κ3) is 3.48. The number of aromatic nitrogens is 2. The molecule has 8 nitrogen and oxygen atoms in total. The van der Waals surface area contributed by atoms with Gasteiger partial charge in [-0.3, -0.25) is 4.79 Å². The predicted molar refractivity (Wildman–Crippen MR) is 94.2 cm³/mol. The highest BCUT2D eigenvalue weighted by atomic mass is 32.2. The van der Waals surface area contributed by atoms with Gasteiger partial charge >= 0.3 is 5.97 Å². The van der Waals surface area contributed by atoms with Crippen molar-refractivity contribution in [2.75, 3.05) is 18.1 Å². The Hall–Kier alpha value is -2.68. The average Bonchev–Trinajstić information content (AvgIpc) is 2.96. The van der Waals surface area contributed by atoms with E-state index in [1.54, 1.807) is 17.7 Å². The minimum absolute atomic E-state index is 0.0913. The van der Waals surface area contributed by atoms with Crippen LogP contribution < -0.4 is 0 Å². The Morgan fingerprint density at radius 2 is 1.85 bits per heavy atom. The second-order valence-corrected chi connectivity index (χ2v) is 8.61. The standard InChI is InChI=1S/C17H19N3O5S/c1-11-3-5-13(6-4-11)20-12(2)9-14(18-20)16(21)19-7-8-26(24,25)10-15(19)17(22)23/h3-6,9,15H,7-8,10H2,1-2H3,(H,22,23). The van der Waals surface area contributed by atoms with Gasteiger partial charge in [0.25, 0.3) is 5.91 Å². The van der Waals surface area contributed by atoms with Crippen molar-refractivity contribution in [3.05, 3.63) is 47.3 Å². The van der Waals surface area contributed by atoms with E-state index in [0.717, 1.165) is 16.2 Å². The van der Waals surface area contributed by atoms with Crippen molar-refractivity contribution in [2.24, 2.45) is 0 Å². The fourth-order valence-corrected chi connectivity index (χ4v) is 4.37. The van der Waals surface area contributed by atoms with Crippen LogP contribution in [0.2, 0.25) is 0 Å². The number of carbonyl (C=O) groups excluding carboxylic acids is 1. The number of hydrogen-bond donors (Lipinski definition) is 1. The molecule has 0 bridgehead atoms. The minimum atomic E-state index is -3.48. The van der Waals surface area contributed by atoms with E-state index in [1.165, 1.54) is 0 Å². The van der Waals surface area contributed by atoms with E-state index >= 15 is 0 Å². The van der Waals surface area contributed by atoms with E-state index in [2.05, 4.69) is 5.10 Å². The van der Waals surface area contributed by atoms with Crippen molar-refractivity contribution in [1.29, 1.82) is 0 Å². The lowest BCUT2D eigenvalue weighted by atomic mass is 10.2. The molecule has 0 spiro atoms. The number of carbonyl (C=O) groups is 2. The highest BCUT2D eigenvalue weighted by Crippen LogP contribution is 2.18. The van der Waals surface area contributed by atoms with Gasteiger partial charge in [0.05, 0.1) is 17.2 Å². The Labute approximate surface area is 151 Å². The van der Waals surface area contributed by atoms with Gasteiger partial charge in [-0.25, -0.2) is 17.9 Å². The molecule has 1 amide bonds. The number of carboxylic acid groups (broad SMARTS) is 1. The highest BCUT2D eigenvalue weighted by molar-refractivity contribution is 7.91. The first-order valence-corrected chi connectivity index (χ1v) is 9.88. The number of aliphatic carboxylic acids is 1. The van der Waals surface area contributed by atoms with E-state index in [0.29, 0.717) is 5.69 Å². The summed E-state index contributed by atoms with van der Waals surface area (Å²) in [5.74, 6) is -2.75. The monoisotopic (exact) mass is 377 g/mol. The van der Waals surface area contributed by atoms with Crippen LogP contribution in [0.3, 0.4) is 0 Å². The summed E-state index contributed by atoms with van der Waals surface area (Å²) in [6.45, 7) is 3.60. The maximum Gasteiger partial charge on any atom is 0.327 e. The molecule has 26 heavy (non-hydrogen) atoms. The van der Waals surface area contributed by atoms with Crippen molar-refractivity contribution in [1.82, 2.24) is 14.7 Å². The largest absolute Gasteiger partial charge is 0.480 e. The molecule has 0 radical (unpaired) electrons. The zero-order chi connectivity index (χ0) is 19.1. The summed E-state index contributed by atoms with van der Waals surface area (Å²) in [5.41, 5.74) is 2.68. The molecule has 0 aliphatic carbocycles. The third-order valence-electron chi connectivity index (χ3n) is 4.36. The lowest BCUT2D eigenvalue weighted by Crippen LogP contribution is -2.54. The maximum atomic E-state index is 12.8. The van der Waals surface area contributed by atoms with Crippen molar-refractivity contribution in [2.45, 2.75) is 19.9 Å². The summed E-state index contributed by atoms with van der Waals surface area (Å²) >= 11 is 0. The van der Waals surface area contributed by atoms with Crippen molar-refractivity contribution >= 4 is 21.7 Å². The number of benzene rings is 1. The number of rotatable bonds is 3. The Morgan fingerprint density at radius 1 is 1.19 bits per heavy atom. The molecule has 2 heterocycles. The van der Waals surface area contributed by atoms with Gasteiger partial charge in [-0.05, 0) is 32.0 Å². The van der Waals surface area contributed by atoms with Gasteiger partial charge in [-0.2, -0.15) is 5.10 Å². The molecule has 2 aromatic rings. The van der Waals surface area contributed by atoms with E-state index < -0.39 is 33.5 Å². The van der Waals surface area contributed by atoms with E-state index in [-0.39, 0.29) is 18.0 Å². The van der Waals surface area contributed by atoms with Gasteiger partial charge in [0.2, 0.25) is 0 Å². The molecule has 0 saturated carbocycles. The lowest BCUT2D eigenvalue weighted by Gasteiger charge is -2.32. The molecular formula is C17H19N3O5S. The summed E-state index contributed by atoms with van der Waals surface area (Å²) in [6.07, 6.45) is 0. The summed E-state index contributed by atoms with van der Waals surface area (Å²) in [6, 6.07) is 7.77. The summed E-state index contributed by atoms with van der Waals surface area (Å²) in [4.78, 5) is 25.3. The molecule has 1 N–H and O–H groups in total. The number of carboxylic acids is 1. The molecule has 1 aromatic carbocycles. The minimum Gasteiger partial charge on any atom is -0.480 e. The SMILES string of the molecule is Cc1ccc(-n2nc(C(=O)N3CCS(=O)(=O)CC3C(=O)O)cc2C)cc1. The summed E-state index contributed by atoms with van der Waals surface area (Å²) in [7, 11) is -3.48. The smallest absolute Gasteiger partial charge is 0.327 e. The van der Waals surface area contributed by atoms with Crippen LogP contribution in [-0.2, 0) is 14.6 Å². The molecule has 1 aliphatic heterocycles. The fraction of sp³-hybridized carbons (Fsp3) is 0.353. The van der Waals surface area contributed by atoms with Crippen molar-refractivity contribution in [3.63, 3.8) is 0 Å². The van der Waals surface area contributed by atoms with Gasteiger partial charge in [0.1, 0.15) is 6.04 Å². The second kappa shape index (κ2) is 6.56. The maximum absolute atomic E-state index is 12.8. The molecule has 1 unspecified atom stereocenters. The molecule has 1 aliphatic rings. The highest BCUT2D eigenvalue weighted by Gasteiger charge is 2.39. The number of amides is 1. The zero-order valence-electron chi connectivity index (χ0n) is 14.4. The summed E-state index contributed by atoms with van der Waals surface area (Å²) < 4.78 is 25.0. The van der Waals surface area contributed by atoms with Crippen LogP contribution in [0.4, 0.5) is 0 Å².